The monoisotopic (exact) mass is 455 g/mol. The van der Waals surface area contributed by atoms with E-state index in [2.05, 4.69) is 46.0 Å². The van der Waals surface area contributed by atoms with E-state index < -0.39 is 0 Å². The number of carbonyl (C=O) groups excluding carboxylic acids is 1. The van der Waals surface area contributed by atoms with Crippen molar-refractivity contribution in [1.29, 1.82) is 0 Å². The number of rotatable bonds is 7. The average molecular weight is 456 g/mol. The van der Waals surface area contributed by atoms with Gasteiger partial charge >= 0.3 is 0 Å². The molecule has 1 N–H and O–H groups in total. The SMILES string of the molecule is C=CCn1c(=S)sc2c(=O)n(CC(=O)NC3CCN(Cc4ccccc4)CC3)cnc21. The maximum atomic E-state index is 12.8. The van der Waals surface area contributed by atoms with Crippen LogP contribution in [-0.2, 0) is 24.4 Å². The minimum absolute atomic E-state index is 0.0435. The van der Waals surface area contributed by atoms with Crippen LogP contribution >= 0.6 is 23.6 Å². The minimum Gasteiger partial charge on any atom is -0.352 e. The molecule has 31 heavy (non-hydrogen) atoms. The van der Waals surface area contributed by atoms with Gasteiger partial charge in [0.15, 0.2) is 9.60 Å². The van der Waals surface area contributed by atoms with Crippen molar-refractivity contribution in [2.75, 3.05) is 13.1 Å². The van der Waals surface area contributed by atoms with E-state index in [0.717, 1.165) is 32.5 Å². The predicted octanol–water partition coefficient (Wildman–Crippen LogP) is 2.96. The van der Waals surface area contributed by atoms with Gasteiger partial charge < -0.3 is 9.88 Å². The third-order valence-electron chi connectivity index (χ3n) is 5.47. The largest absolute Gasteiger partial charge is 0.352 e. The fourth-order valence-corrected chi connectivity index (χ4v) is 5.20. The molecule has 2 aromatic heterocycles. The molecular weight excluding hydrogens is 430 g/mol. The van der Waals surface area contributed by atoms with Crippen molar-refractivity contribution in [1.82, 2.24) is 24.3 Å². The Balaban J connectivity index is 1.34. The zero-order valence-corrected chi connectivity index (χ0v) is 18.8. The lowest BCUT2D eigenvalue weighted by molar-refractivity contribution is -0.122. The molecule has 7 nitrogen and oxygen atoms in total. The van der Waals surface area contributed by atoms with Crippen LogP contribution in [0.15, 0.2) is 54.1 Å². The molecule has 1 saturated heterocycles. The second kappa shape index (κ2) is 9.67. The van der Waals surface area contributed by atoms with Gasteiger partial charge in [0, 0.05) is 32.2 Å². The Morgan fingerprint density at radius 3 is 2.74 bits per heavy atom. The summed E-state index contributed by atoms with van der Waals surface area (Å²) in [5.74, 6) is -0.168. The van der Waals surface area contributed by atoms with Gasteiger partial charge in [-0.2, -0.15) is 0 Å². The molecule has 162 valence electrons. The van der Waals surface area contributed by atoms with Gasteiger partial charge in [0.2, 0.25) is 5.91 Å². The number of hydrogen-bond donors (Lipinski definition) is 1. The maximum Gasteiger partial charge on any atom is 0.273 e. The fraction of sp³-hybridized carbons (Fsp3) is 0.364. The molecule has 0 atom stereocenters. The highest BCUT2D eigenvalue weighted by atomic mass is 32.1. The minimum atomic E-state index is -0.239. The molecule has 1 amide bonds. The van der Waals surface area contributed by atoms with Crippen LogP contribution in [0.3, 0.4) is 0 Å². The summed E-state index contributed by atoms with van der Waals surface area (Å²) >= 11 is 6.55. The summed E-state index contributed by atoms with van der Waals surface area (Å²) in [5.41, 5.74) is 1.61. The first-order chi connectivity index (χ1) is 15.0. The van der Waals surface area contributed by atoms with E-state index in [-0.39, 0.29) is 24.1 Å². The standard InChI is InChI=1S/C22H25N5O2S2/c1-2-10-27-20-19(31-22(27)30)21(29)26(15-23-20)14-18(28)24-17-8-11-25(12-9-17)13-16-6-4-3-5-7-16/h2-7,15,17H,1,8-14H2,(H,24,28). The number of amides is 1. The van der Waals surface area contributed by atoms with Crippen molar-refractivity contribution >= 4 is 39.8 Å². The predicted molar refractivity (Wildman–Crippen MR) is 126 cm³/mol. The molecule has 1 aromatic carbocycles. The van der Waals surface area contributed by atoms with Gasteiger partial charge in [-0.05, 0) is 30.6 Å². The Labute approximate surface area is 189 Å². The Kier molecular flexibility index (Phi) is 6.74. The molecule has 0 unspecified atom stereocenters. The highest BCUT2D eigenvalue weighted by Crippen LogP contribution is 2.18. The zero-order chi connectivity index (χ0) is 21.8. The van der Waals surface area contributed by atoms with Crippen LogP contribution < -0.4 is 10.9 Å². The molecule has 1 fully saturated rings. The maximum absolute atomic E-state index is 12.8. The van der Waals surface area contributed by atoms with Crippen molar-refractivity contribution in [3.63, 3.8) is 0 Å². The van der Waals surface area contributed by atoms with Gasteiger partial charge in [0.25, 0.3) is 5.56 Å². The number of benzene rings is 1. The van der Waals surface area contributed by atoms with Crippen LogP contribution in [0.4, 0.5) is 0 Å². The summed E-state index contributed by atoms with van der Waals surface area (Å²) in [7, 11) is 0. The van der Waals surface area contributed by atoms with Gasteiger partial charge in [0.1, 0.15) is 17.6 Å². The Morgan fingerprint density at radius 1 is 1.29 bits per heavy atom. The smallest absolute Gasteiger partial charge is 0.273 e. The second-order valence-corrected chi connectivity index (χ2v) is 9.35. The summed E-state index contributed by atoms with van der Waals surface area (Å²) in [5, 5.41) is 3.08. The number of hydrogen-bond acceptors (Lipinski definition) is 6. The third-order valence-corrected chi connectivity index (χ3v) is 6.90. The van der Waals surface area contributed by atoms with Gasteiger partial charge in [-0.25, -0.2) is 4.98 Å². The van der Waals surface area contributed by atoms with Crippen LogP contribution in [-0.4, -0.2) is 44.1 Å². The molecule has 1 aliphatic heterocycles. The highest BCUT2D eigenvalue weighted by molar-refractivity contribution is 7.73. The van der Waals surface area contributed by atoms with E-state index in [4.69, 9.17) is 12.2 Å². The quantitative estimate of drug-likeness (QED) is 0.438. The molecule has 0 radical (unpaired) electrons. The number of piperidine rings is 1. The number of likely N-dealkylation sites (tertiary alicyclic amines) is 1. The lowest BCUT2D eigenvalue weighted by Crippen LogP contribution is -2.45. The molecule has 4 rings (SSSR count). The van der Waals surface area contributed by atoms with Gasteiger partial charge in [-0.1, -0.05) is 47.7 Å². The first-order valence-electron chi connectivity index (χ1n) is 10.3. The number of nitrogens with one attached hydrogen (secondary N) is 1. The number of nitrogens with zero attached hydrogens (tertiary/aromatic N) is 4. The van der Waals surface area contributed by atoms with Crippen molar-refractivity contribution in [3.8, 4) is 0 Å². The van der Waals surface area contributed by atoms with Gasteiger partial charge in [-0.15, -0.1) is 6.58 Å². The zero-order valence-electron chi connectivity index (χ0n) is 17.2. The third kappa shape index (κ3) is 5.00. The van der Waals surface area contributed by atoms with Gasteiger partial charge in [0.05, 0.1) is 0 Å². The van der Waals surface area contributed by atoms with E-state index >= 15 is 0 Å². The van der Waals surface area contributed by atoms with Crippen molar-refractivity contribution < 1.29 is 4.79 Å². The topological polar surface area (TPSA) is 72.2 Å². The summed E-state index contributed by atoms with van der Waals surface area (Å²) in [6, 6.07) is 10.5. The van der Waals surface area contributed by atoms with E-state index in [0.29, 0.717) is 20.8 Å². The Morgan fingerprint density at radius 2 is 2.03 bits per heavy atom. The molecule has 0 bridgehead atoms. The molecule has 0 spiro atoms. The molecule has 1 aliphatic rings. The van der Waals surface area contributed by atoms with Crippen LogP contribution in [0, 0.1) is 3.95 Å². The normalized spacial score (nSPS) is 15.2. The number of allylic oxidation sites excluding steroid dienone is 1. The van der Waals surface area contributed by atoms with E-state index in [1.54, 1.807) is 10.6 Å². The van der Waals surface area contributed by atoms with Crippen LogP contribution in [0.1, 0.15) is 18.4 Å². The number of carbonyl (C=O) groups is 1. The van der Waals surface area contributed by atoms with E-state index in [9.17, 15) is 9.59 Å². The van der Waals surface area contributed by atoms with Gasteiger partial charge in [-0.3, -0.25) is 19.1 Å². The first-order valence-corrected chi connectivity index (χ1v) is 11.5. The molecule has 9 heteroatoms. The molecule has 3 aromatic rings. The van der Waals surface area contributed by atoms with Crippen LogP contribution in [0.25, 0.3) is 10.3 Å². The average Bonchev–Trinajstić information content (AvgIpc) is 3.09. The number of thiazole rings is 1. The summed E-state index contributed by atoms with van der Waals surface area (Å²) in [6.07, 6.45) is 4.94. The second-order valence-electron chi connectivity index (χ2n) is 7.70. The van der Waals surface area contributed by atoms with E-state index in [1.165, 1.54) is 27.8 Å². The summed E-state index contributed by atoms with van der Waals surface area (Å²) in [6.45, 7) is 6.98. The Hall–Kier alpha value is -2.62. The molecule has 3 heterocycles. The summed E-state index contributed by atoms with van der Waals surface area (Å²) in [4.78, 5) is 32.1. The van der Waals surface area contributed by atoms with Crippen LogP contribution in [0.5, 0.6) is 0 Å². The highest BCUT2D eigenvalue weighted by Gasteiger charge is 2.21. The number of fused-ring (bicyclic) bond motifs is 1. The molecule has 0 aliphatic carbocycles. The lowest BCUT2D eigenvalue weighted by atomic mass is 10.0. The fourth-order valence-electron chi connectivity index (χ4n) is 3.88. The van der Waals surface area contributed by atoms with Crippen molar-refractivity contribution in [3.05, 3.63) is 69.2 Å². The lowest BCUT2D eigenvalue weighted by Gasteiger charge is -2.32. The number of aromatic nitrogens is 3. The van der Waals surface area contributed by atoms with Crippen molar-refractivity contribution in [2.24, 2.45) is 0 Å². The molecular formula is C22H25N5O2S2. The molecule has 0 saturated carbocycles. The Bertz CT molecular complexity index is 1190. The van der Waals surface area contributed by atoms with Crippen LogP contribution in [0.2, 0.25) is 0 Å². The van der Waals surface area contributed by atoms with E-state index in [1.807, 2.05) is 6.07 Å². The summed E-state index contributed by atoms with van der Waals surface area (Å²) < 4.78 is 4.17. The van der Waals surface area contributed by atoms with Crippen molar-refractivity contribution in [2.45, 2.75) is 38.5 Å². The first kappa shape index (κ1) is 21.6.